The van der Waals surface area contributed by atoms with Gasteiger partial charge in [-0.1, -0.05) is 0 Å². The zero-order valence-corrected chi connectivity index (χ0v) is 2.79. The Morgan fingerprint density at radius 3 is 3.25 bits per heavy atom. The molecule has 0 rings (SSSR count). The minimum Gasteiger partial charge on any atom is -0.329 e. The van der Waals surface area contributed by atoms with Crippen molar-refractivity contribution in [2.24, 2.45) is 5.72 Å². The molecule has 0 aliphatic carbocycles. The van der Waals surface area contributed by atoms with Crippen LogP contribution in [0.3, 0.4) is 0 Å². The van der Waals surface area contributed by atoms with Gasteiger partial charge >= 0.3 is 0 Å². The summed E-state index contributed by atoms with van der Waals surface area (Å²) in [7, 11) is 0. The lowest BCUT2D eigenvalue weighted by Gasteiger charge is -1.68. The second kappa shape index (κ2) is 3.25. The van der Waals surface area contributed by atoms with E-state index in [4.69, 9.17) is 17.2 Å². The Morgan fingerprint density at radius 1 is 2.50 bits per heavy atom. The third kappa shape index (κ3) is 2.25. The van der Waals surface area contributed by atoms with Gasteiger partial charge in [-0.15, -0.1) is 11.6 Å². The van der Waals surface area contributed by atoms with Crippen LogP contribution in [0.5, 0.6) is 0 Å². The summed E-state index contributed by atoms with van der Waals surface area (Å²) in [6, 6.07) is 0. The van der Waals surface area contributed by atoms with Crippen LogP contribution in [0.1, 0.15) is 2.74 Å². The summed E-state index contributed by atoms with van der Waals surface area (Å²) in [5.74, 6) is -0.361. The summed E-state index contributed by atoms with van der Waals surface area (Å²) in [6.45, 7) is -2.03. The number of hydrogen-bond donors (Lipinski definition) is 1. The van der Waals surface area contributed by atoms with Crippen molar-refractivity contribution in [1.82, 2.24) is 0 Å². The Bertz CT molecular complexity index is 74.4. The van der Waals surface area contributed by atoms with Crippen LogP contribution in [-0.2, 0) is 0 Å². The van der Waals surface area contributed by atoms with Crippen molar-refractivity contribution in [1.29, 1.82) is 0 Å². The van der Waals surface area contributed by atoms with Crippen molar-refractivity contribution < 1.29 is 5.57 Å². The summed E-state index contributed by atoms with van der Waals surface area (Å²) in [4.78, 5) is 0. The van der Waals surface area contributed by atoms with Gasteiger partial charge in [0.25, 0.3) is 0 Å². The molecule has 4 heavy (non-hydrogen) atoms. The van der Waals surface area contributed by atoms with Crippen molar-refractivity contribution in [3.8, 4) is 0 Å². The van der Waals surface area contributed by atoms with Crippen molar-refractivity contribution in [3.63, 3.8) is 0 Å². The fraction of sp³-hybridized carbons (Fsp3) is 1.00. The first kappa shape index (κ1) is 0.854. The summed E-state index contributed by atoms with van der Waals surface area (Å²) in [6.07, 6.45) is 0. The number of rotatable bonds is 2. The van der Waals surface area contributed by atoms with Crippen LogP contribution in [0, 0.1) is 0 Å². The van der Waals surface area contributed by atoms with Gasteiger partial charge in [0, 0.05) is 15.1 Å². The molecule has 0 heterocycles. The van der Waals surface area contributed by atoms with E-state index in [-0.39, 0.29) is 11.6 Å². The molecule has 0 aromatic heterocycles. The molecule has 0 saturated heterocycles. The molecule has 0 spiro atoms. The zero-order chi connectivity index (χ0) is 6.78. The molecule has 0 fully saturated rings. The van der Waals surface area contributed by atoms with Gasteiger partial charge in [0.2, 0.25) is 0 Å². The molecule has 2 N–H and O–H groups in total. The lowest BCUT2D eigenvalue weighted by atomic mass is 10.8. The van der Waals surface area contributed by atoms with Crippen molar-refractivity contribution >= 4 is 11.6 Å². The molecule has 0 aliphatic rings. The van der Waals surface area contributed by atoms with Gasteiger partial charge in [0.1, 0.15) is 2.82 Å². The first-order chi connectivity index (χ1) is 3.50. The Labute approximate surface area is 36.5 Å². The predicted octanol–water partition coefficient (Wildman–Crippen LogP) is 0.184. The van der Waals surface area contributed by atoms with E-state index < -0.39 is 6.50 Å². The van der Waals surface area contributed by atoms with Crippen LogP contribution in [0.25, 0.3) is 0 Å². The molecule has 0 aliphatic heterocycles. The first-order valence-electron chi connectivity index (χ1n) is 2.74. The highest BCUT2D eigenvalue weighted by Gasteiger charge is 1.58. The summed E-state index contributed by atoms with van der Waals surface area (Å²) in [5.41, 5.74) is -0.0556. The molecule has 1 nitrogen and oxygen atoms in total. The van der Waals surface area contributed by atoms with Gasteiger partial charge in [0.05, 0.1) is 0 Å². The van der Waals surface area contributed by atoms with Crippen molar-refractivity contribution in [2.75, 3.05) is 12.4 Å². The van der Waals surface area contributed by atoms with Gasteiger partial charge < -0.3 is 5.72 Å². The maximum atomic E-state index is 6.72. The van der Waals surface area contributed by atoms with Crippen LogP contribution in [0.2, 0.25) is 2.82 Å². The predicted molar refractivity (Wildman–Crippen MR) is 19.8 cm³/mol. The normalized spacial score (nSPS) is 26.5. The standard InChI is InChI=1S/C2H6ClN/c3-1-2-4/h1-2,4H2/i2D2/hD2. The number of alkyl halides is 1. The first-order valence-corrected chi connectivity index (χ1v) is 1.38. The third-order valence-electron chi connectivity index (χ3n) is 0.0598. The molecular formula is C2H6ClN. The molecule has 0 amide bonds. The van der Waals surface area contributed by atoms with E-state index in [9.17, 15) is 0 Å². The summed E-state index contributed by atoms with van der Waals surface area (Å²) in [5, 5.41) is 0. The van der Waals surface area contributed by atoms with E-state index in [0.717, 1.165) is 0 Å². The minimum absolute atomic E-state index is 0.0556. The molecule has 0 aromatic carbocycles. The van der Waals surface area contributed by atoms with E-state index in [0.29, 0.717) is 0 Å². The van der Waals surface area contributed by atoms with Crippen LogP contribution < -0.4 is 5.72 Å². The quantitative estimate of drug-likeness (QED) is 0.474. The monoisotopic (exact) mass is 83.0 g/mol. The Hall–Kier alpha value is 0.250. The molecule has 0 unspecified atom stereocenters. The van der Waals surface area contributed by atoms with Crippen LogP contribution >= 0.6 is 11.6 Å². The van der Waals surface area contributed by atoms with E-state index in [1.807, 2.05) is 0 Å². The van der Waals surface area contributed by atoms with Crippen molar-refractivity contribution in [3.05, 3.63) is 0 Å². The fourth-order valence-electron chi connectivity index (χ4n) is 0. The van der Waals surface area contributed by atoms with Gasteiger partial charge in [-0.05, 0) is 0 Å². The van der Waals surface area contributed by atoms with Crippen LogP contribution in [-0.4, -0.2) is 12.4 Å². The van der Waals surface area contributed by atoms with Gasteiger partial charge in [0.15, 0.2) is 0 Å². The van der Waals surface area contributed by atoms with Gasteiger partial charge in [-0.2, -0.15) is 0 Å². The Kier molecular flexibility index (Phi) is 0.694. The minimum atomic E-state index is -2.03. The highest BCUT2D eigenvalue weighted by molar-refractivity contribution is 6.18. The van der Waals surface area contributed by atoms with E-state index in [2.05, 4.69) is 0 Å². The molecule has 2 heteroatoms. The molecule has 0 bridgehead atoms. The maximum absolute atomic E-state index is 6.72. The third-order valence-corrected chi connectivity index (χ3v) is 0.179. The average Bonchev–Trinajstić information content (AvgIpc) is 1.67. The van der Waals surface area contributed by atoms with E-state index in [1.54, 1.807) is 0 Å². The number of nitrogens with two attached hydrogens (primary N) is 1. The smallest absolute Gasteiger partial charge is 0.118 e. The lowest BCUT2D eigenvalue weighted by Crippen LogP contribution is -1.97. The zero-order valence-electron chi connectivity index (χ0n) is 6.03. The van der Waals surface area contributed by atoms with E-state index >= 15 is 0 Å². The Balaban J connectivity index is 3.71. The topological polar surface area (TPSA) is 26.0 Å². The summed E-state index contributed by atoms with van der Waals surface area (Å²) < 4.78 is 26.3. The molecular weight excluding hydrogens is 73.5 g/mol. The van der Waals surface area contributed by atoms with Gasteiger partial charge in [-0.25, -0.2) is 0 Å². The fourth-order valence-corrected chi connectivity index (χ4v) is 0. The average molecular weight is 83.6 g/mol. The van der Waals surface area contributed by atoms with Crippen molar-refractivity contribution in [2.45, 2.75) is 0 Å². The molecule has 0 aromatic rings. The number of halogens is 1. The SMILES string of the molecule is [2H]N([2H])C([2H])([2H])CCl. The maximum Gasteiger partial charge on any atom is 0.118 e. The molecule has 26 valence electrons. The van der Waals surface area contributed by atoms with Gasteiger partial charge in [-0.3, -0.25) is 0 Å². The molecule has 0 atom stereocenters. The van der Waals surface area contributed by atoms with Crippen LogP contribution in [0.4, 0.5) is 0 Å². The lowest BCUT2D eigenvalue weighted by molar-refractivity contribution is 1.14. The second-order valence-electron chi connectivity index (χ2n) is 0.292. The largest absolute Gasteiger partial charge is 0.329 e. The number of hydrogen-bond acceptors (Lipinski definition) is 1. The van der Waals surface area contributed by atoms with E-state index in [1.165, 1.54) is 0 Å². The highest BCUT2D eigenvalue weighted by Crippen LogP contribution is 1.60. The highest BCUT2D eigenvalue weighted by atomic mass is 35.5. The Morgan fingerprint density at radius 2 is 3.25 bits per heavy atom. The second-order valence-corrected chi connectivity index (χ2v) is 0.559. The molecule has 0 saturated carbocycles. The molecule has 0 radical (unpaired) electrons. The summed E-state index contributed by atoms with van der Waals surface area (Å²) >= 11 is 5.03. The van der Waals surface area contributed by atoms with Crippen LogP contribution in [0.15, 0.2) is 0 Å².